The Morgan fingerprint density at radius 1 is 1.14 bits per heavy atom. The van der Waals surface area contributed by atoms with Crippen LogP contribution in [0.15, 0.2) is 42.9 Å². The summed E-state index contributed by atoms with van der Waals surface area (Å²) in [5.74, 6) is 1.12. The van der Waals surface area contributed by atoms with Crippen molar-refractivity contribution in [3.8, 4) is 6.07 Å². The number of rotatable bonds is 3. The van der Waals surface area contributed by atoms with E-state index in [2.05, 4.69) is 30.8 Å². The van der Waals surface area contributed by atoms with Gasteiger partial charge in [-0.25, -0.2) is 9.97 Å². The van der Waals surface area contributed by atoms with Gasteiger partial charge in [0, 0.05) is 31.4 Å². The average Bonchev–Trinajstić information content (AvgIpc) is 3.30. The SMILES string of the molecule is N#Cc1ccc(CC(=O)N2C3CCC2CN(c2ncnc4[nH]ccc24)C3)cc1. The van der Waals surface area contributed by atoms with E-state index in [0.29, 0.717) is 12.0 Å². The van der Waals surface area contributed by atoms with Gasteiger partial charge in [-0.1, -0.05) is 12.1 Å². The van der Waals surface area contributed by atoms with Crippen LogP contribution in [0, 0.1) is 11.3 Å². The molecule has 2 aliphatic heterocycles. The molecular weight excluding hydrogens is 352 g/mol. The van der Waals surface area contributed by atoms with Crippen molar-refractivity contribution in [1.82, 2.24) is 19.9 Å². The number of carbonyl (C=O) groups is 1. The van der Waals surface area contributed by atoms with E-state index in [1.807, 2.05) is 24.4 Å². The summed E-state index contributed by atoms with van der Waals surface area (Å²) in [4.78, 5) is 29.3. The van der Waals surface area contributed by atoms with E-state index in [4.69, 9.17) is 5.26 Å². The van der Waals surface area contributed by atoms with Gasteiger partial charge in [-0.2, -0.15) is 5.26 Å². The minimum Gasteiger partial charge on any atom is -0.352 e. The topological polar surface area (TPSA) is 88.9 Å². The number of carbonyl (C=O) groups excluding carboxylic acids is 1. The number of fused-ring (bicyclic) bond motifs is 3. The third-order valence-corrected chi connectivity index (χ3v) is 5.84. The van der Waals surface area contributed by atoms with Crippen LogP contribution in [-0.2, 0) is 11.2 Å². The zero-order chi connectivity index (χ0) is 19.1. The molecule has 7 heteroatoms. The number of amides is 1. The Hall–Kier alpha value is -3.40. The van der Waals surface area contributed by atoms with E-state index in [1.165, 1.54) is 0 Å². The fourth-order valence-corrected chi connectivity index (χ4v) is 4.56. The van der Waals surface area contributed by atoms with Crippen LogP contribution in [0.1, 0.15) is 24.0 Å². The lowest BCUT2D eigenvalue weighted by Crippen LogP contribution is -2.56. The smallest absolute Gasteiger partial charge is 0.227 e. The number of hydrogen-bond acceptors (Lipinski definition) is 5. The number of anilines is 1. The quantitative estimate of drug-likeness (QED) is 0.762. The number of H-pyrrole nitrogens is 1. The summed E-state index contributed by atoms with van der Waals surface area (Å²) in [5, 5.41) is 9.95. The van der Waals surface area contributed by atoms with E-state index in [9.17, 15) is 4.79 Å². The lowest BCUT2D eigenvalue weighted by atomic mass is 10.1. The van der Waals surface area contributed by atoms with Crippen molar-refractivity contribution >= 4 is 22.8 Å². The highest BCUT2D eigenvalue weighted by Gasteiger charge is 2.42. The zero-order valence-corrected chi connectivity index (χ0v) is 15.4. The van der Waals surface area contributed by atoms with Crippen LogP contribution in [0.3, 0.4) is 0 Å². The maximum absolute atomic E-state index is 13.0. The highest BCUT2D eigenvalue weighted by molar-refractivity contribution is 5.87. The maximum atomic E-state index is 13.0. The molecule has 2 unspecified atom stereocenters. The molecule has 3 aromatic rings. The summed E-state index contributed by atoms with van der Waals surface area (Å²) in [6.07, 6.45) is 5.92. The van der Waals surface area contributed by atoms with Gasteiger partial charge in [0.25, 0.3) is 0 Å². The molecule has 0 radical (unpaired) electrons. The summed E-state index contributed by atoms with van der Waals surface area (Å²) in [6.45, 7) is 1.60. The molecule has 7 nitrogen and oxygen atoms in total. The summed E-state index contributed by atoms with van der Waals surface area (Å²) in [5.41, 5.74) is 2.41. The number of aromatic amines is 1. The van der Waals surface area contributed by atoms with Crippen LogP contribution in [0.5, 0.6) is 0 Å². The van der Waals surface area contributed by atoms with Crippen molar-refractivity contribution in [3.63, 3.8) is 0 Å². The molecule has 1 aromatic carbocycles. The molecule has 2 saturated heterocycles. The van der Waals surface area contributed by atoms with Crippen molar-refractivity contribution < 1.29 is 4.79 Å². The maximum Gasteiger partial charge on any atom is 0.227 e. The molecule has 2 atom stereocenters. The lowest BCUT2D eigenvalue weighted by molar-refractivity contribution is -0.133. The second-order valence-corrected chi connectivity index (χ2v) is 7.51. The Morgan fingerprint density at radius 2 is 1.89 bits per heavy atom. The molecule has 5 rings (SSSR count). The van der Waals surface area contributed by atoms with Gasteiger partial charge >= 0.3 is 0 Å². The molecule has 0 saturated carbocycles. The molecular formula is C21H20N6O. The number of piperazine rings is 1. The Bertz CT molecular complexity index is 1050. The Balaban J connectivity index is 1.33. The molecule has 140 valence electrons. The normalized spacial score (nSPS) is 21.1. The van der Waals surface area contributed by atoms with Gasteiger partial charge in [-0.15, -0.1) is 0 Å². The number of hydrogen-bond donors (Lipinski definition) is 1. The summed E-state index contributed by atoms with van der Waals surface area (Å²) >= 11 is 0. The number of nitriles is 1. The van der Waals surface area contributed by atoms with Gasteiger partial charge in [0.05, 0.1) is 23.4 Å². The number of nitrogens with zero attached hydrogens (tertiary/aromatic N) is 5. The Labute approximate surface area is 162 Å². The Morgan fingerprint density at radius 3 is 2.61 bits per heavy atom. The molecule has 2 aromatic heterocycles. The second-order valence-electron chi connectivity index (χ2n) is 7.51. The van der Waals surface area contributed by atoms with Gasteiger partial charge in [-0.3, -0.25) is 4.79 Å². The average molecular weight is 372 g/mol. The fourth-order valence-electron chi connectivity index (χ4n) is 4.56. The van der Waals surface area contributed by atoms with Crippen LogP contribution in [0.4, 0.5) is 5.82 Å². The molecule has 2 bridgehead atoms. The number of nitrogens with one attached hydrogen (secondary N) is 1. The van der Waals surface area contributed by atoms with Gasteiger partial charge in [0.1, 0.15) is 17.8 Å². The predicted molar refractivity (Wildman–Crippen MR) is 105 cm³/mol. The van der Waals surface area contributed by atoms with E-state index < -0.39 is 0 Å². The second kappa shape index (κ2) is 6.64. The van der Waals surface area contributed by atoms with Crippen molar-refractivity contribution in [1.29, 1.82) is 5.26 Å². The monoisotopic (exact) mass is 372 g/mol. The summed E-state index contributed by atoms with van der Waals surface area (Å²) in [7, 11) is 0. The summed E-state index contributed by atoms with van der Waals surface area (Å²) < 4.78 is 0. The standard InChI is InChI=1S/C21H20N6O/c22-10-15-3-1-14(2-4-15)9-19(28)27-16-5-6-17(27)12-26(11-16)21-18-7-8-23-20(18)24-13-25-21/h1-4,7-8,13,16-17H,5-6,9,11-12H2,(H,23,24,25). The molecule has 2 aliphatic rings. The van der Waals surface area contributed by atoms with Crippen molar-refractivity contribution in [2.24, 2.45) is 0 Å². The minimum absolute atomic E-state index is 0.173. The first-order chi connectivity index (χ1) is 13.7. The van der Waals surface area contributed by atoms with Crippen LogP contribution < -0.4 is 4.90 Å². The van der Waals surface area contributed by atoms with Crippen molar-refractivity contribution in [2.75, 3.05) is 18.0 Å². The van der Waals surface area contributed by atoms with E-state index in [1.54, 1.807) is 18.5 Å². The molecule has 4 heterocycles. The van der Waals surface area contributed by atoms with Gasteiger partial charge in [-0.05, 0) is 36.6 Å². The number of aromatic nitrogens is 3. The van der Waals surface area contributed by atoms with Gasteiger partial charge in [0.2, 0.25) is 5.91 Å². The third kappa shape index (κ3) is 2.78. The predicted octanol–water partition coefficient (Wildman–Crippen LogP) is 2.25. The van der Waals surface area contributed by atoms with Crippen molar-refractivity contribution in [3.05, 3.63) is 54.0 Å². The van der Waals surface area contributed by atoms with Crippen LogP contribution in [-0.4, -0.2) is 50.9 Å². The van der Waals surface area contributed by atoms with E-state index in [0.717, 1.165) is 48.3 Å². The van der Waals surface area contributed by atoms with Crippen LogP contribution >= 0.6 is 0 Å². The molecule has 0 spiro atoms. The molecule has 0 aliphatic carbocycles. The van der Waals surface area contributed by atoms with Gasteiger partial charge < -0.3 is 14.8 Å². The van der Waals surface area contributed by atoms with E-state index in [-0.39, 0.29) is 18.0 Å². The third-order valence-electron chi connectivity index (χ3n) is 5.84. The molecule has 2 fully saturated rings. The first-order valence-electron chi connectivity index (χ1n) is 9.56. The van der Waals surface area contributed by atoms with Crippen LogP contribution in [0.25, 0.3) is 11.0 Å². The summed E-state index contributed by atoms with van der Waals surface area (Å²) in [6, 6.07) is 11.8. The largest absolute Gasteiger partial charge is 0.352 e. The molecule has 28 heavy (non-hydrogen) atoms. The highest BCUT2D eigenvalue weighted by atomic mass is 16.2. The first kappa shape index (κ1) is 16.8. The highest BCUT2D eigenvalue weighted by Crippen LogP contribution is 2.34. The van der Waals surface area contributed by atoms with Gasteiger partial charge in [0.15, 0.2) is 0 Å². The number of benzene rings is 1. The first-order valence-corrected chi connectivity index (χ1v) is 9.56. The lowest BCUT2D eigenvalue weighted by Gasteiger charge is -2.41. The molecule has 1 N–H and O–H groups in total. The Kier molecular flexibility index (Phi) is 3.97. The zero-order valence-electron chi connectivity index (χ0n) is 15.4. The molecule has 1 amide bonds. The van der Waals surface area contributed by atoms with Crippen molar-refractivity contribution in [2.45, 2.75) is 31.3 Å². The fraction of sp³-hybridized carbons (Fsp3) is 0.333. The van der Waals surface area contributed by atoms with E-state index >= 15 is 0 Å². The minimum atomic E-state index is 0.173. The van der Waals surface area contributed by atoms with Crippen LogP contribution in [0.2, 0.25) is 0 Å².